The van der Waals surface area contributed by atoms with Gasteiger partial charge in [-0.1, -0.05) is 0 Å². The van der Waals surface area contributed by atoms with E-state index in [2.05, 4.69) is 4.98 Å². The van der Waals surface area contributed by atoms with Crippen LogP contribution in [0.4, 0.5) is 13.2 Å². The number of nitrogens with one attached hydrogen (secondary N) is 1. The highest BCUT2D eigenvalue weighted by Crippen LogP contribution is 2.46. The minimum absolute atomic E-state index is 0.103. The molecule has 1 atom stereocenters. The molecule has 1 aromatic carbocycles. The highest BCUT2D eigenvalue weighted by atomic mass is 19.4. The van der Waals surface area contributed by atoms with Crippen LogP contribution in [0.2, 0.25) is 0 Å². The number of likely N-dealkylation sites (tertiary alicyclic amines) is 1. The lowest BCUT2D eigenvalue weighted by atomic mass is 9.86. The maximum Gasteiger partial charge on any atom is 0.406 e. The molecule has 134 valence electrons. The zero-order valence-corrected chi connectivity index (χ0v) is 13.2. The number of amides is 1. The average Bonchev–Trinajstić information content (AvgIpc) is 3.17. The zero-order valence-electron chi connectivity index (χ0n) is 13.2. The van der Waals surface area contributed by atoms with Gasteiger partial charge in [-0.05, 0) is 30.7 Å². The third-order valence-electron chi connectivity index (χ3n) is 4.57. The van der Waals surface area contributed by atoms with Crippen molar-refractivity contribution in [1.82, 2.24) is 9.88 Å². The number of carboxylic acid groups (broad SMARTS) is 1. The average molecular weight is 356 g/mol. The van der Waals surface area contributed by atoms with Crippen molar-refractivity contribution in [2.24, 2.45) is 5.41 Å². The summed E-state index contributed by atoms with van der Waals surface area (Å²) < 4.78 is 44.7. The van der Waals surface area contributed by atoms with Crippen LogP contribution in [0.5, 0.6) is 5.75 Å². The number of aromatic nitrogens is 1. The molecular formula is C16H15F3N2O4. The Morgan fingerprint density at radius 2 is 2.04 bits per heavy atom. The Balaban J connectivity index is 1.88. The Labute approximate surface area is 140 Å². The first-order valence-electron chi connectivity index (χ1n) is 7.44. The van der Waals surface area contributed by atoms with Gasteiger partial charge in [0.15, 0.2) is 5.41 Å². The number of halogens is 3. The number of alkyl halides is 3. The van der Waals surface area contributed by atoms with Gasteiger partial charge >= 0.3 is 12.1 Å². The lowest BCUT2D eigenvalue weighted by molar-refractivity contribution is -0.227. The summed E-state index contributed by atoms with van der Waals surface area (Å²) in [4.78, 5) is 27.5. The van der Waals surface area contributed by atoms with E-state index >= 15 is 0 Å². The summed E-state index contributed by atoms with van der Waals surface area (Å²) in [5.41, 5.74) is -2.19. The van der Waals surface area contributed by atoms with Crippen LogP contribution in [0, 0.1) is 5.41 Å². The van der Waals surface area contributed by atoms with Crippen LogP contribution in [-0.4, -0.2) is 53.2 Å². The van der Waals surface area contributed by atoms with Gasteiger partial charge in [0.1, 0.15) is 11.4 Å². The van der Waals surface area contributed by atoms with E-state index < -0.39 is 36.4 Å². The molecule has 1 aromatic heterocycles. The van der Waals surface area contributed by atoms with E-state index in [1.165, 1.54) is 13.2 Å². The Hall–Kier alpha value is -2.71. The molecule has 0 aliphatic carbocycles. The quantitative estimate of drug-likeness (QED) is 0.886. The van der Waals surface area contributed by atoms with Crippen LogP contribution in [0.3, 0.4) is 0 Å². The lowest BCUT2D eigenvalue weighted by Crippen LogP contribution is -2.47. The lowest BCUT2D eigenvalue weighted by Gasteiger charge is -2.27. The predicted octanol–water partition coefficient (Wildman–Crippen LogP) is 2.66. The molecule has 2 heterocycles. The van der Waals surface area contributed by atoms with E-state index in [-0.39, 0.29) is 12.2 Å². The summed E-state index contributed by atoms with van der Waals surface area (Å²) in [6, 6.07) is 6.56. The molecule has 1 unspecified atom stereocenters. The van der Waals surface area contributed by atoms with Gasteiger partial charge in [-0.15, -0.1) is 0 Å². The van der Waals surface area contributed by atoms with Crippen molar-refractivity contribution in [3.8, 4) is 5.75 Å². The van der Waals surface area contributed by atoms with Crippen molar-refractivity contribution in [1.29, 1.82) is 0 Å². The summed E-state index contributed by atoms with van der Waals surface area (Å²) in [5, 5.41) is 9.73. The molecule has 9 heteroatoms. The van der Waals surface area contributed by atoms with Crippen molar-refractivity contribution >= 4 is 22.8 Å². The van der Waals surface area contributed by atoms with Crippen LogP contribution >= 0.6 is 0 Å². The van der Waals surface area contributed by atoms with E-state index in [0.29, 0.717) is 16.7 Å². The molecule has 2 aromatic rings. The van der Waals surface area contributed by atoms with Gasteiger partial charge in [0.25, 0.3) is 5.91 Å². The molecule has 1 saturated heterocycles. The normalized spacial score (nSPS) is 20.9. The van der Waals surface area contributed by atoms with Crippen molar-refractivity contribution in [3.63, 3.8) is 0 Å². The second-order valence-electron chi connectivity index (χ2n) is 6.00. The largest absolute Gasteiger partial charge is 0.497 e. The Bertz CT molecular complexity index is 846. The number of aliphatic carboxylic acids is 1. The molecule has 25 heavy (non-hydrogen) atoms. The van der Waals surface area contributed by atoms with Gasteiger partial charge in [0.2, 0.25) is 0 Å². The fourth-order valence-corrected chi connectivity index (χ4v) is 3.03. The maximum absolute atomic E-state index is 13.2. The van der Waals surface area contributed by atoms with Crippen LogP contribution in [0.1, 0.15) is 16.9 Å². The Morgan fingerprint density at radius 3 is 2.60 bits per heavy atom. The van der Waals surface area contributed by atoms with E-state index in [0.717, 1.165) is 4.90 Å². The van der Waals surface area contributed by atoms with E-state index in [4.69, 9.17) is 9.84 Å². The fraction of sp³-hybridized carbons (Fsp3) is 0.375. The highest BCUT2D eigenvalue weighted by molar-refractivity contribution is 5.98. The first-order chi connectivity index (χ1) is 11.7. The van der Waals surface area contributed by atoms with Gasteiger partial charge in [-0.3, -0.25) is 9.59 Å². The molecule has 1 aliphatic heterocycles. The number of rotatable bonds is 3. The molecule has 3 rings (SSSR count). The molecule has 1 aliphatic rings. The number of fused-ring (bicyclic) bond motifs is 1. The molecule has 1 amide bonds. The number of aromatic amines is 1. The number of carboxylic acids is 1. The number of benzene rings is 1. The molecule has 6 nitrogen and oxygen atoms in total. The van der Waals surface area contributed by atoms with Crippen molar-refractivity contribution in [3.05, 3.63) is 30.0 Å². The SMILES string of the molecule is COc1ccc2[nH]c(C(=O)N3CCC(C(=O)O)(C(F)(F)F)C3)cc2c1. The molecular weight excluding hydrogens is 341 g/mol. The first kappa shape index (κ1) is 17.1. The molecule has 0 spiro atoms. The third kappa shape index (κ3) is 2.69. The number of nitrogens with zero attached hydrogens (tertiary/aromatic N) is 1. The minimum atomic E-state index is -4.93. The monoisotopic (exact) mass is 356 g/mol. The van der Waals surface area contributed by atoms with Gasteiger partial charge in [0, 0.05) is 24.0 Å². The van der Waals surface area contributed by atoms with E-state index in [9.17, 15) is 22.8 Å². The summed E-state index contributed by atoms with van der Waals surface area (Å²) in [5.74, 6) is -2.05. The van der Waals surface area contributed by atoms with Crippen LogP contribution in [0.15, 0.2) is 24.3 Å². The molecule has 0 radical (unpaired) electrons. The van der Waals surface area contributed by atoms with Gasteiger partial charge in [-0.2, -0.15) is 13.2 Å². The number of carbonyl (C=O) groups is 2. The second-order valence-corrected chi connectivity index (χ2v) is 6.00. The van der Waals surface area contributed by atoms with Crippen LogP contribution in [0.25, 0.3) is 10.9 Å². The first-order valence-corrected chi connectivity index (χ1v) is 7.44. The van der Waals surface area contributed by atoms with Crippen LogP contribution in [-0.2, 0) is 4.79 Å². The summed E-state index contributed by atoms with van der Waals surface area (Å²) in [6.07, 6.45) is -5.59. The van der Waals surface area contributed by atoms with E-state index in [1.54, 1.807) is 18.2 Å². The Morgan fingerprint density at radius 1 is 1.32 bits per heavy atom. The van der Waals surface area contributed by atoms with Gasteiger partial charge in [0.05, 0.1) is 7.11 Å². The number of ether oxygens (including phenoxy) is 1. The minimum Gasteiger partial charge on any atom is -0.497 e. The molecule has 2 N–H and O–H groups in total. The number of hydrogen-bond acceptors (Lipinski definition) is 3. The fourth-order valence-electron chi connectivity index (χ4n) is 3.03. The predicted molar refractivity (Wildman–Crippen MR) is 81.5 cm³/mol. The highest BCUT2D eigenvalue weighted by Gasteiger charge is 2.64. The zero-order chi connectivity index (χ0) is 18.4. The standard InChI is InChI=1S/C16H15F3N2O4/c1-25-10-2-3-11-9(6-10)7-12(20-11)13(22)21-5-4-15(8-21,14(23)24)16(17,18)19/h2-3,6-7,20H,4-5,8H2,1H3,(H,23,24). The third-order valence-corrected chi connectivity index (χ3v) is 4.57. The smallest absolute Gasteiger partial charge is 0.406 e. The molecule has 0 bridgehead atoms. The van der Waals surface area contributed by atoms with Gasteiger partial charge < -0.3 is 19.7 Å². The number of carbonyl (C=O) groups excluding carboxylic acids is 1. The van der Waals surface area contributed by atoms with Crippen molar-refractivity contribution in [2.45, 2.75) is 12.6 Å². The molecule has 0 saturated carbocycles. The van der Waals surface area contributed by atoms with Crippen molar-refractivity contribution < 1.29 is 32.6 Å². The maximum atomic E-state index is 13.2. The topological polar surface area (TPSA) is 82.6 Å². The number of methoxy groups -OCH3 is 1. The second kappa shape index (κ2) is 5.68. The van der Waals surface area contributed by atoms with Crippen molar-refractivity contribution in [2.75, 3.05) is 20.2 Å². The number of H-pyrrole nitrogens is 1. The number of hydrogen-bond donors (Lipinski definition) is 2. The molecule has 1 fully saturated rings. The summed E-state index contributed by atoms with van der Waals surface area (Å²) in [6.45, 7) is -1.17. The summed E-state index contributed by atoms with van der Waals surface area (Å²) >= 11 is 0. The summed E-state index contributed by atoms with van der Waals surface area (Å²) in [7, 11) is 1.49. The van der Waals surface area contributed by atoms with Crippen LogP contribution < -0.4 is 4.74 Å². The van der Waals surface area contributed by atoms with Gasteiger partial charge in [-0.25, -0.2) is 0 Å². The Kier molecular flexibility index (Phi) is 3.89. The van der Waals surface area contributed by atoms with E-state index in [1.807, 2.05) is 0 Å².